The Morgan fingerprint density at radius 3 is 1.90 bits per heavy atom. The van der Waals surface area contributed by atoms with E-state index in [-0.39, 0.29) is 44.8 Å². The number of aromatic nitrogens is 1. The lowest BCUT2D eigenvalue weighted by Gasteiger charge is -2.26. The van der Waals surface area contributed by atoms with Crippen molar-refractivity contribution in [3.8, 4) is 23.0 Å². The van der Waals surface area contributed by atoms with Crippen molar-refractivity contribution in [2.75, 3.05) is 61.7 Å². The largest absolute Gasteiger partial charge is 0.451 e. The summed E-state index contributed by atoms with van der Waals surface area (Å²) in [6.07, 6.45) is 0. The molecule has 5 rings (SSSR count). The lowest BCUT2D eigenvalue weighted by atomic mass is 10.1. The fourth-order valence-electron chi connectivity index (χ4n) is 5.14. The first-order valence-corrected chi connectivity index (χ1v) is 25.2. The summed E-state index contributed by atoms with van der Waals surface area (Å²) in [7, 11) is -29.2. The van der Waals surface area contributed by atoms with Crippen LogP contribution < -0.4 is 20.7 Å². The van der Waals surface area contributed by atoms with Crippen molar-refractivity contribution in [1.29, 1.82) is 0 Å². The monoisotopic (exact) mass is 1010 g/mol. The molecule has 0 aromatic heterocycles. The number of hydrogen-bond donors (Lipinski definition) is 6. The van der Waals surface area contributed by atoms with E-state index in [4.69, 9.17) is 50.6 Å². The summed E-state index contributed by atoms with van der Waals surface area (Å²) < 4.78 is 207. The lowest BCUT2D eigenvalue weighted by molar-refractivity contribution is 0.274. The molecule has 332 valence electrons. The van der Waals surface area contributed by atoms with Crippen LogP contribution in [0.25, 0.3) is 22.6 Å². The van der Waals surface area contributed by atoms with Gasteiger partial charge in [0.05, 0.1) is 66.1 Å². The molecular formula is C26H26Cl2N4O22S6. The number of halogens is 2. The van der Waals surface area contributed by atoms with Gasteiger partial charge in [0.25, 0.3) is 0 Å². The molecule has 2 aromatic carbocycles. The highest BCUT2D eigenvalue weighted by atomic mass is 35.5. The average molecular weight is 1010 g/mol. The average Bonchev–Trinajstić information content (AvgIpc) is 3.10. The van der Waals surface area contributed by atoms with Crippen LogP contribution >= 0.6 is 23.2 Å². The number of rotatable bonds is 19. The first-order valence-electron chi connectivity index (χ1n) is 15.6. The Hall–Kier alpha value is -3.58. The van der Waals surface area contributed by atoms with Gasteiger partial charge in [0.1, 0.15) is 31.8 Å². The molecule has 0 amide bonds. The molecule has 26 nitrogen and oxygen atoms in total. The fraction of sp³-hybridized carbons (Fsp3) is 0.308. The van der Waals surface area contributed by atoms with Gasteiger partial charge < -0.3 is 19.8 Å². The van der Waals surface area contributed by atoms with Crippen molar-refractivity contribution in [2.45, 2.75) is 9.79 Å². The van der Waals surface area contributed by atoms with Crippen molar-refractivity contribution >= 4 is 113 Å². The maximum absolute atomic E-state index is 13.7. The van der Waals surface area contributed by atoms with Crippen LogP contribution in [0.2, 0.25) is 10.0 Å². The van der Waals surface area contributed by atoms with Crippen LogP contribution in [-0.4, -0.2) is 125 Å². The number of anilines is 3. The molecule has 3 aliphatic rings. The molecule has 0 unspecified atom stereocenters. The van der Waals surface area contributed by atoms with Gasteiger partial charge in [-0.15, -0.1) is 0 Å². The van der Waals surface area contributed by atoms with Crippen LogP contribution in [0.3, 0.4) is 0 Å². The maximum atomic E-state index is 13.7. The number of sulfone groups is 2. The fourth-order valence-corrected chi connectivity index (χ4v) is 9.72. The molecule has 60 heavy (non-hydrogen) atoms. The van der Waals surface area contributed by atoms with Gasteiger partial charge in [-0.2, -0.15) is 33.7 Å². The zero-order chi connectivity index (χ0) is 44.6. The highest BCUT2D eigenvalue weighted by Crippen LogP contribution is 2.54. The molecule has 0 radical (unpaired) electrons. The molecule has 0 spiro atoms. The minimum atomic E-state index is -5.09. The predicted molar refractivity (Wildman–Crippen MR) is 203 cm³/mol. The molecule has 6 N–H and O–H groups in total. The zero-order valence-electron chi connectivity index (χ0n) is 29.2. The number of benzene rings is 3. The predicted octanol–water partition coefficient (Wildman–Crippen LogP) is 1.23. The second-order valence-corrected chi connectivity index (χ2v) is 20.7. The van der Waals surface area contributed by atoms with Gasteiger partial charge in [-0.25, -0.2) is 38.6 Å². The number of ether oxygens (including phenoxy) is 1. The van der Waals surface area contributed by atoms with Gasteiger partial charge in [-0.3, -0.25) is 23.2 Å². The topological polar surface area (TPSA) is 394 Å². The summed E-state index contributed by atoms with van der Waals surface area (Å²) in [5.74, 6) is -3.14. The van der Waals surface area contributed by atoms with E-state index in [9.17, 15) is 50.5 Å². The molecule has 2 aromatic rings. The van der Waals surface area contributed by atoms with Gasteiger partial charge in [0.2, 0.25) is 0 Å². The van der Waals surface area contributed by atoms with E-state index >= 15 is 0 Å². The van der Waals surface area contributed by atoms with Crippen molar-refractivity contribution in [2.24, 2.45) is 4.99 Å². The molecule has 0 fully saturated rings. The van der Waals surface area contributed by atoms with Crippen molar-refractivity contribution < 1.29 is 94.6 Å². The van der Waals surface area contributed by atoms with E-state index in [1.165, 1.54) is 6.07 Å². The first-order chi connectivity index (χ1) is 27.6. The smallest absolute Gasteiger partial charge is 0.397 e. The van der Waals surface area contributed by atoms with Crippen LogP contribution in [0.1, 0.15) is 0 Å². The number of fused-ring (bicyclic) bond motifs is 4. The Labute approximate surface area is 349 Å². The van der Waals surface area contributed by atoms with Gasteiger partial charge in [-0.1, -0.05) is 23.2 Å². The van der Waals surface area contributed by atoms with Crippen LogP contribution in [0.4, 0.5) is 17.1 Å². The molecule has 2 heterocycles. The summed E-state index contributed by atoms with van der Waals surface area (Å²) >= 11 is 13.5. The third kappa shape index (κ3) is 12.1. The van der Waals surface area contributed by atoms with E-state index < -0.39 is 144 Å². The van der Waals surface area contributed by atoms with E-state index in [1.807, 2.05) is 0 Å². The van der Waals surface area contributed by atoms with Crippen molar-refractivity contribution in [3.05, 3.63) is 39.7 Å². The van der Waals surface area contributed by atoms with E-state index in [1.54, 1.807) is 0 Å². The van der Waals surface area contributed by atoms with Gasteiger partial charge in [0, 0.05) is 12.6 Å². The summed E-state index contributed by atoms with van der Waals surface area (Å²) in [6, 6.07) is 4.35. The Morgan fingerprint density at radius 1 is 0.733 bits per heavy atom. The zero-order valence-corrected chi connectivity index (χ0v) is 35.6. The Balaban J connectivity index is 1.65. The minimum absolute atomic E-state index is 0.155. The van der Waals surface area contributed by atoms with Gasteiger partial charge in [-0.05, 0) is 18.2 Å². The Kier molecular flexibility index (Phi) is 14.0. The molecule has 34 heteroatoms. The third-order valence-corrected chi connectivity index (χ3v) is 13.4. The van der Waals surface area contributed by atoms with E-state index in [2.05, 4.69) is 37.3 Å². The van der Waals surface area contributed by atoms with Gasteiger partial charge >= 0.3 is 41.6 Å². The highest BCUT2D eigenvalue weighted by molar-refractivity contribution is 7.92. The van der Waals surface area contributed by atoms with Crippen LogP contribution in [0.15, 0.2) is 43.5 Å². The number of hydrogen-bond acceptors (Lipinski definition) is 22. The summed E-state index contributed by atoms with van der Waals surface area (Å²) in [5.41, 5.74) is -1.58. The van der Waals surface area contributed by atoms with Crippen molar-refractivity contribution in [3.63, 3.8) is 0 Å². The van der Waals surface area contributed by atoms with Crippen LogP contribution in [0.5, 0.6) is 11.5 Å². The Morgan fingerprint density at radius 2 is 1.30 bits per heavy atom. The first kappa shape index (κ1) is 47.5. The van der Waals surface area contributed by atoms with E-state index in [0.29, 0.717) is 0 Å². The summed E-state index contributed by atoms with van der Waals surface area (Å²) in [5, 5.41) is 4.22. The molecule has 0 saturated heterocycles. The normalized spacial score (nSPS) is 14.1. The SMILES string of the molecule is O=S(=O)(O)OCCN=c1ccc2nc3c(Cl)c4c(c(Cl)c3oc-2c1S(=O)(=O)CCOS(=O)(=O)O)Nc1cc(S(=O)(=O)CCOS(=O)(=O)O)c(NCCOS(=O)(=O)O)cc1O4. The number of nitrogens with one attached hydrogen (secondary N) is 2. The van der Waals surface area contributed by atoms with E-state index in [0.717, 1.165) is 18.2 Å². The molecule has 1 aliphatic carbocycles. The van der Waals surface area contributed by atoms with Crippen LogP contribution in [-0.2, 0) is 78.0 Å². The second-order valence-electron chi connectivity index (χ2n) is 11.5. The molecule has 2 aliphatic heterocycles. The lowest BCUT2D eigenvalue weighted by Crippen LogP contribution is -2.24. The Bertz CT molecular complexity index is 3090. The van der Waals surface area contributed by atoms with Gasteiger partial charge in [0.15, 0.2) is 42.5 Å². The second kappa shape index (κ2) is 17.7. The molecular weight excluding hydrogens is 984 g/mol. The molecule has 0 atom stereocenters. The molecule has 0 saturated carbocycles. The quantitative estimate of drug-likeness (QED) is 0.0385. The molecule has 0 bridgehead atoms. The maximum Gasteiger partial charge on any atom is 0.397 e. The minimum Gasteiger partial charge on any atom is -0.451 e. The third-order valence-electron chi connectivity index (χ3n) is 7.40. The van der Waals surface area contributed by atoms with Crippen molar-refractivity contribution in [1.82, 2.24) is 4.98 Å². The summed E-state index contributed by atoms with van der Waals surface area (Å²) in [4.78, 5) is 7.00. The summed E-state index contributed by atoms with van der Waals surface area (Å²) in [6.45, 7) is -4.65. The standard InChI is InChI=1S/C26H26Cl2N4O22S6/c27-19-22-25(54-23-13(31-22)1-2-14(29-3-5-49-57(37,38)39)26(23)56(35,36)10-8-52-60(46,47)48)20(28)21-24(19)53-17-11-16(30-4-6-50-58(40,41)42)18(12-15(17)32-21)55(33,34)9-7-51-59(43,44)45/h1-2,11-12,30,32H,3-10H2,(H,37,38,39)(H,40,41,42)(H,43,44,45)(H,46,47,48). The number of nitrogens with zero attached hydrogens (tertiary/aromatic N) is 2. The highest BCUT2D eigenvalue weighted by Gasteiger charge is 2.33. The van der Waals surface area contributed by atoms with Crippen LogP contribution in [0, 0.1) is 0 Å².